The molecule has 2 aliphatic carbocycles. The second-order valence-electron chi connectivity index (χ2n) is 13.8. The molecule has 0 aliphatic heterocycles. The molecule has 0 spiro atoms. The summed E-state index contributed by atoms with van der Waals surface area (Å²) in [6, 6.07) is 41.2. The van der Waals surface area contributed by atoms with Crippen LogP contribution in [0.15, 0.2) is 150 Å². The highest BCUT2D eigenvalue weighted by Gasteiger charge is 2.62. The summed E-state index contributed by atoms with van der Waals surface area (Å²) in [5.74, 6) is -2.10. The maximum Gasteiger partial charge on any atom is 0.307 e. The van der Waals surface area contributed by atoms with E-state index in [1.54, 1.807) is 6.07 Å². The van der Waals surface area contributed by atoms with Gasteiger partial charge in [0.25, 0.3) is 0 Å². The van der Waals surface area contributed by atoms with Crippen LogP contribution >= 0.6 is 0 Å². The van der Waals surface area contributed by atoms with Crippen molar-refractivity contribution in [2.75, 3.05) is 6.61 Å². The Balaban J connectivity index is 1.76. The minimum atomic E-state index is -0.960. The molecular weight excluding hydrogens is 622 g/mol. The molecule has 0 saturated heterocycles. The highest BCUT2D eigenvalue weighted by molar-refractivity contribution is 6.05. The Labute approximate surface area is 293 Å². The molecule has 1 atom stereocenters. The molecule has 1 unspecified atom stereocenters. The summed E-state index contributed by atoms with van der Waals surface area (Å²) in [6.07, 6.45) is 0.0689. The van der Waals surface area contributed by atoms with Gasteiger partial charge in [-0.2, -0.15) is 0 Å². The third-order valence-corrected chi connectivity index (χ3v) is 10.3. The number of carbonyl (C=O) groups excluding carboxylic acids is 1. The van der Waals surface area contributed by atoms with Crippen molar-refractivity contribution in [3.8, 4) is 11.1 Å². The first-order valence-corrected chi connectivity index (χ1v) is 17.2. The molecule has 5 aromatic rings. The first-order valence-electron chi connectivity index (χ1n) is 17.2. The molecule has 0 bridgehead atoms. The minimum Gasteiger partial charge on any atom is -0.466 e. The SMILES string of the molecule is CCOC(=O)CC12C(=C(c3ccccc3)c3c(-c4ccc(F)c(F)c4)cccc31)C(=C(C)C)C(C)(C)C2=C(c1ccccc1)c1ccccc1. The van der Waals surface area contributed by atoms with Crippen LogP contribution in [-0.4, -0.2) is 12.6 Å². The lowest BCUT2D eigenvalue weighted by Gasteiger charge is -2.36. The zero-order valence-electron chi connectivity index (χ0n) is 29.1. The van der Waals surface area contributed by atoms with Gasteiger partial charge < -0.3 is 4.74 Å². The van der Waals surface area contributed by atoms with E-state index < -0.39 is 22.5 Å². The van der Waals surface area contributed by atoms with E-state index in [-0.39, 0.29) is 19.0 Å². The molecule has 2 aliphatic rings. The maximum atomic E-state index is 14.9. The van der Waals surface area contributed by atoms with Gasteiger partial charge in [-0.1, -0.05) is 135 Å². The average molecular weight is 663 g/mol. The Kier molecular flexibility index (Phi) is 8.51. The van der Waals surface area contributed by atoms with Crippen molar-refractivity contribution >= 4 is 17.1 Å². The van der Waals surface area contributed by atoms with Gasteiger partial charge in [-0.15, -0.1) is 0 Å². The molecule has 250 valence electrons. The number of hydrogen-bond acceptors (Lipinski definition) is 2. The largest absolute Gasteiger partial charge is 0.466 e. The van der Waals surface area contributed by atoms with Crippen molar-refractivity contribution in [1.29, 1.82) is 0 Å². The molecule has 0 aromatic heterocycles. The van der Waals surface area contributed by atoms with E-state index in [2.05, 4.69) is 94.4 Å². The Hall–Kier alpha value is -5.35. The summed E-state index contributed by atoms with van der Waals surface area (Å²) in [4.78, 5) is 14.2. The molecule has 2 nitrogen and oxygen atoms in total. The van der Waals surface area contributed by atoms with Crippen LogP contribution < -0.4 is 0 Å². The molecule has 5 aromatic carbocycles. The number of allylic oxidation sites excluding steroid dienone is 4. The fraction of sp³-hybridized carbons (Fsp3) is 0.196. The van der Waals surface area contributed by atoms with E-state index >= 15 is 0 Å². The van der Waals surface area contributed by atoms with Crippen LogP contribution in [0.3, 0.4) is 0 Å². The van der Waals surface area contributed by atoms with Gasteiger partial charge in [0, 0.05) is 5.41 Å². The summed E-state index contributed by atoms with van der Waals surface area (Å²) in [6.45, 7) is 10.9. The minimum absolute atomic E-state index is 0.0689. The standard InChI is InChI=1S/C46H40F2O2/c1-6-50-38(49)28-46-35-24-16-23-34(33-25-26-36(47)37(48)27-33)41(35)40(32-21-14-9-15-22-32)43(46)42(29(2)3)45(4,5)44(46)39(30-17-10-7-11-18-30)31-19-12-8-13-20-31/h7-27H,6,28H2,1-5H3. The van der Waals surface area contributed by atoms with Crippen molar-refractivity contribution < 1.29 is 18.3 Å². The molecule has 50 heavy (non-hydrogen) atoms. The van der Waals surface area contributed by atoms with Crippen LogP contribution in [0.1, 0.15) is 68.9 Å². The predicted molar refractivity (Wildman–Crippen MR) is 198 cm³/mol. The second kappa shape index (κ2) is 12.8. The number of carbonyl (C=O) groups is 1. The maximum absolute atomic E-state index is 14.9. The molecular formula is C46H40F2O2. The van der Waals surface area contributed by atoms with Crippen molar-refractivity contribution in [1.82, 2.24) is 0 Å². The first-order chi connectivity index (χ1) is 24.1. The van der Waals surface area contributed by atoms with Crippen molar-refractivity contribution in [3.63, 3.8) is 0 Å². The lowest BCUT2D eigenvalue weighted by atomic mass is 9.65. The number of rotatable bonds is 7. The lowest BCUT2D eigenvalue weighted by Crippen LogP contribution is -2.33. The van der Waals surface area contributed by atoms with Gasteiger partial charge in [-0.05, 0) is 99.7 Å². The van der Waals surface area contributed by atoms with Gasteiger partial charge in [0.1, 0.15) is 0 Å². The highest BCUT2D eigenvalue weighted by Crippen LogP contribution is 2.71. The molecule has 4 heteroatoms. The summed E-state index contributed by atoms with van der Waals surface area (Å²) < 4.78 is 35.1. The number of benzene rings is 5. The predicted octanol–water partition coefficient (Wildman–Crippen LogP) is 11.5. The number of fused-ring (bicyclic) bond motifs is 3. The van der Waals surface area contributed by atoms with Gasteiger partial charge in [0.15, 0.2) is 11.6 Å². The summed E-state index contributed by atoms with van der Waals surface area (Å²) >= 11 is 0. The molecule has 0 heterocycles. The summed E-state index contributed by atoms with van der Waals surface area (Å²) in [5, 5.41) is 0. The van der Waals surface area contributed by atoms with E-state index in [1.807, 2.05) is 49.4 Å². The Bertz CT molecular complexity index is 2160. The second-order valence-corrected chi connectivity index (χ2v) is 13.8. The summed E-state index contributed by atoms with van der Waals surface area (Å²) in [7, 11) is 0. The van der Waals surface area contributed by atoms with E-state index in [9.17, 15) is 13.6 Å². The van der Waals surface area contributed by atoms with Gasteiger partial charge in [-0.25, -0.2) is 8.78 Å². The first kappa shape index (κ1) is 33.2. The van der Waals surface area contributed by atoms with Gasteiger partial charge in [-0.3, -0.25) is 4.79 Å². The quantitative estimate of drug-likeness (QED) is 0.162. The number of halogens is 2. The number of esters is 1. The monoisotopic (exact) mass is 662 g/mol. The number of ether oxygens (including phenoxy) is 1. The smallest absolute Gasteiger partial charge is 0.307 e. The van der Waals surface area contributed by atoms with Crippen LogP contribution in [0.25, 0.3) is 22.3 Å². The summed E-state index contributed by atoms with van der Waals surface area (Å²) in [5.41, 5.74) is 11.3. The van der Waals surface area contributed by atoms with E-state index in [1.165, 1.54) is 12.1 Å². The van der Waals surface area contributed by atoms with Crippen LogP contribution in [0.4, 0.5) is 8.78 Å². The molecule has 0 radical (unpaired) electrons. The van der Waals surface area contributed by atoms with Crippen LogP contribution in [-0.2, 0) is 14.9 Å². The topological polar surface area (TPSA) is 26.3 Å². The van der Waals surface area contributed by atoms with Crippen LogP contribution in [0, 0.1) is 17.0 Å². The van der Waals surface area contributed by atoms with Gasteiger partial charge >= 0.3 is 5.97 Å². The van der Waals surface area contributed by atoms with Crippen LogP contribution in [0.2, 0.25) is 0 Å². The number of hydrogen-bond donors (Lipinski definition) is 0. The zero-order valence-corrected chi connectivity index (χ0v) is 29.1. The van der Waals surface area contributed by atoms with E-state index in [0.717, 1.165) is 66.8 Å². The molecule has 1 saturated carbocycles. The molecule has 1 fully saturated rings. The third kappa shape index (κ3) is 5.17. The van der Waals surface area contributed by atoms with Crippen molar-refractivity contribution in [3.05, 3.63) is 189 Å². The molecule has 0 N–H and O–H groups in total. The highest BCUT2D eigenvalue weighted by atomic mass is 19.2. The van der Waals surface area contributed by atoms with Crippen molar-refractivity contribution in [2.24, 2.45) is 5.41 Å². The van der Waals surface area contributed by atoms with E-state index in [4.69, 9.17) is 4.74 Å². The van der Waals surface area contributed by atoms with E-state index in [0.29, 0.717) is 5.56 Å². The fourth-order valence-corrected chi connectivity index (χ4v) is 8.78. The molecule has 7 rings (SSSR count). The fourth-order valence-electron chi connectivity index (χ4n) is 8.78. The Morgan fingerprint density at radius 1 is 0.700 bits per heavy atom. The Morgan fingerprint density at radius 2 is 1.30 bits per heavy atom. The zero-order chi connectivity index (χ0) is 35.2. The van der Waals surface area contributed by atoms with Crippen LogP contribution in [0.5, 0.6) is 0 Å². The van der Waals surface area contributed by atoms with Gasteiger partial charge in [0.05, 0.1) is 18.4 Å². The lowest BCUT2D eigenvalue weighted by molar-refractivity contribution is -0.144. The Morgan fingerprint density at radius 3 is 1.86 bits per heavy atom. The third-order valence-electron chi connectivity index (χ3n) is 10.3. The van der Waals surface area contributed by atoms with Gasteiger partial charge in [0.2, 0.25) is 0 Å². The average Bonchev–Trinajstić information content (AvgIpc) is 3.49. The molecule has 0 amide bonds. The van der Waals surface area contributed by atoms with Crippen molar-refractivity contribution in [2.45, 2.75) is 46.5 Å². The normalized spacial score (nSPS) is 17.4.